The molecule has 2 bridgehead atoms. The number of pyridine rings is 1. The van der Waals surface area contributed by atoms with E-state index in [1.165, 1.54) is 0 Å². The molecule has 0 radical (unpaired) electrons. The first-order chi connectivity index (χ1) is 14.9. The van der Waals surface area contributed by atoms with Crippen LogP contribution in [0, 0.1) is 11.8 Å². The van der Waals surface area contributed by atoms with Crippen molar-refractivity contribution in [3.8, 4) is 0 Å². The van der Waals surface area contributed by atoms with E-state index in [9.17, 15) is 14.4 Å². The van der Waals surface area contributed by atoms with E-state index in [1.54, 1.807) is 30.3 Å². The van der Waals surface area contributed by atoms with Gasteiger partial charge in [-0.3, -0.25) is 14.4 Å². The number of carbonyl (C=O) groups excluding carboxylic acids is 3. The molecule has 5 aliphatic heterocycles. The molecule has 5 aliphatic rings. The van der Waals surface area contributed by atoms with Crippen LogP contribution in [0.2, 0.25) is 0 Å². The van der Waals surface area contributed by atoms with Crippen LogP contribution >= 0.6 is 0 Å². The number of hydrogen-bond donors (Lipinski definition) is 1. The predicted molar refractivity (Wildman–Crippen MR) is 110 cm³/mol. The lowest BCUT2D eigenvalue weighted by Gasteiger charge is -2.51. The summed E-state index contributed by atoms with van der Waals surface area (Å²) in [6.45, 7) is 1.50. The number of nitrogens with zero attached hydrogens (tertiary/aromatic N) is 4. The smallest absolute Gasteiger partial charge is 0.256 e. The summed E-state index contributed by atoms with van der Waals surface area (Å²) in [4.78, 5) is 48.9. The fraction of sp³-hybridized carbons (Fsp3) is 0.545. The number of ether oxygens (including phenoxy) is 1. The maximum atomic E-state index is 13.5. The molecule has 6 heterocycles. The van der Waals surface area contributed by atoms with Gasteiger partial charge in [0.15, 0.2) is 0 Å². The van der Waals surface area contributed by atoms with Crippen LogP contribution in [0.3, 0.4) is 0 Å². The molecule has 1 aromatic heterocycles. The van der Waals surface area contributed by atoms with E-state index in [0.29, 0.717) is 43.9 Å². The lowest BCUT2D eigenvalue weighted by Crippen LogP contribution is -2.67. The lowest BCUT2D eigenvalue weighted by molar-refractivity contribution is -0.144. The molecular formula is C22H25N5O4. The Labute approximate surface area is 180 Å². The van der Waals surface area contributed by atoms with Crippen LogP contribution in [0.25, 0.3) is 0 Å². The van der Waals surface area contributed by atoms with Crippen molar-refractivity contribution in [1.82, 2.24) is 20.1 Å². The normalized spacial score (nSPS) is 34.9. The summed E-state index contributed by atoms with van der Waals surface area (Å²) in [5.41, 5.74) is -0.652. The quantitative estimate of drug-likeness (QED) is 0.639. The molecule has 3 fully saturated rings. The number of likely N-dealkylation sites (tertiary alicyclic amines) is 2. The van der Waals surface area contributed by atoms with Crippen LogP contribution in [0.1, 0.15) is 23.2 Å². The minimum absolute atomic E-state index is 0.0133. The molecule has 4 atom stereocenters. The Morgan fingerprint density at radius 3 is 2.81 bits per heavy atom. The molecule has 0 aromatic carbocycles. The summed E-state index contributed by atoms with van der Waals surface area (Å²) >= 11 is 0. The lowest BCUT2D eigenvalue weighted by atomic mass is 9.76. The highest BCUT2D eigenvalue weighted by Crippen LogP contribution is 2.52. The van der Waals surface area contributed by atoms with Gasteiger partial charge < -0.3 is 24.8 Å². The van der Waals surface area contributed by atoms with E-state index >= 15 is 0 Å². The molecule has 0 saturated carbocycles. The third kappa shape index (κ3) is 2.35. The average Bonchev–Trinajstić information content (AvgIpc) is 3.40. The zero-order valence-corrected chi connectivity index (χ0v) is 17.6. The minimum Gasteiger partial charge on any atom is -0.360 e. The molecule has 31 heavy (non-hydrogen) atoms. The van der Waals surface area contributed by atoms with E-state index in [2.05, 4.69) is 10.3 Å². The first kappa shape index (κ1) is 18.8. The Morgan fingerprint density at radius 2 is 2.03 bits per heavy atom. The van der Waals surface area contributed by atoms with Gasteiger partial charge in [-0.05, 0) is 12.1 Å². The number of carbonyl (C=O) groups is 3. The van der Waals surface area contributed by atoms with Gasteiger partial charge in [-0.25, -0.2) is 4.98 Å². The minimum atomic E-state index is -0.652. The van der Waals surface area contributed by atoms with Gasteiger partial charge in [0.25, 0.3) is 5.91 Å². The van der Waals surface area contributed by atoms with E-state index in [-0.39, 0.29) is 23.8 Å². The van der Waals surface area contributed by atoms with Crippen LogP contribution in [0.15, 0.2) is 30.5 Å². The number of rotatable bonds is 1. The average molecular weight is 423 g/mol. The standard InChI is InChI=1S/C22H25N5O4/c1-25-12-21-6-5-14(31-21)15(16(21)20(25)30)19(29)27-10-7-22(8-11-27)24-18(28)13-4-3-9-23-17(13)26(22)2/h3-6,9,14-16H,7-8,10-12H2,1-2H3,(H,24,28). The summed E-state index contributed by atoms with van der Waals surface area (Å²) < 4.78 is 6.13. The Morgan fingerprint density at radius 1 is 1.26 bits per heavy atom. The number of hydrogen-bond acceptors (Lipinski definition) is 6. The summed E-state index contributed by atoms with van der Waals surface area (Å²) in [5.74, 6) is -0.418. The molecule has 4 unspecified atom stereocenters. The summed E-state index contributed by atoms with van der Waals surface area (Å²) in [5, 5.41) is 3.15. The Hall–Kier alpha value is -2.94. The van der Waals surface area contributed by atoms with Crippen LogP contribution in [0.5, 0.6) is 0 Å². The van der Waals surface area contributed by atoms with Gasteiger partial charge >= 0.3 is 0 Å². The van der Waals surface area contributed by atoms with Gasteiger partial charge in [-0.1, -0.05) is 12.2 Å². The fourth-order valence-corrected chi connectivity index (χ4v) is 6.15. The van der Waals surface area contributed by atoms with Crippen LogP contribution in [-0.4, -0.2) is 83.6 Å². The number of aromatic nitrogens is 1. The van der Waals surface area contributed by atoms with Gasteiger partial charge in [-0.2, -0.15) is 0 Å². The molecule has 9 heteroatoms. The number of nitrogens with one attached hydrogen (secondary N) is 1. The van der Waals surface area contributed by atoms with E-state index in [1.807, 2.05) is 29.0 Å². The topological polar surface area (TPSA) is 95.1 Å². The van der Waals surface area contributed by atoms with Crippen molar-refractivity contribution in [3.63, 3.8) is 0 Å². The largest absolute Gasteiger partial charge is 0.360 e. The van der Waals surface area contributed by atoms with Gasteiger partial charge in [0, 0.05) is 46.2 Å². The van der Waals surface area contributed by atoms with Crippen molar-refractivity contribution < 1.29 is 19.1 Å². The van der Waals surface area contributed by atoms with Crippen LogP contribution in [-0.2, 0) is 14.3 Å². The second-order valence-electron chi connectivity index (χ2n) is 9.34. The number of anilines is 1. The van der Waals surface area contributed by atoms with Crippen molar-refractivity contribution in [2.24, 2.45) is 11.8 Å². The third-order valence-electron chi connectivity index (χ3n) is 7.81. The summed E-state index contributed by atoms with van der Waals surface area (Å²) in [6.07, 6.45) is 6.45. The fourth-order valence-electron chi connectivity index (χ4n) is 6.15. The van der Waals surface area contributed by atoms with Gasteiger partial charge in [0.05, 0.1) is 30.0 Å². The Kier molecular flexibility index (Phi) is 3.68. The zero-order valence-electron chi connectivity index (χ0n) is 17.6. The molecule has 162 valence electrons. The van der Waals surface area contributed by atoms with Crippen LogP contribution in [0.4, 0.5) is 5.82 Å². The number of likely N-dealkylation sites (N-methyl/N-ethyl adjacent to an activating group) is 1. The second-order valence-corrected chi connectivity index (χ2v) is 9.34. The number of piperidine rings is 1. The molecule has 2 spiro atoms. The molecular weight excluding hydrogens is 398 g/mol. The van der Waals surface area contributed by atoms with Gasteiger partial charge in [0.2, 0.25) is 11.8 Å². The van der Waals surface area contributed by atoms with E-state index < -0.39 is 23.1 Å². The van der Waals surface area contributed by atoms with E-state index in [0.717, 1.165) is 0 Å². The van der Waals surface area contributed by atoms with Crippen molar-refractivity contribution in [3.05, 3.63) is 36.0 Å². The van der Waals surface area contributed by atoms with Crippen LogP contribution < -0.4 is 10.2 Å². The maximum absolute atomic E-state index is 13.5. The van der Waals surface area contributed by atoms with Crippen molar-refractivity contribution in [2.45, 2.75) is 30.2 Å². The van der Waals surface area contributed by atoms with Gasteiger partial charge in [0.1, 0.15) is 17.1 Å². The molecule has 3 amide bonds. The molecule has 3 saturated heterocycles. The number of amides is 3. The third-order valence-corrected chi connectivity index (χ3v) is 7.81. The second kappa shape index (κ2) is 6.06. The first-order valence-electron chi connectivity index (χ1n) is 10.8. The monoisotopic (exact) mass is 423 g/mol. The Balaban J connectivity index is 1.22. The van der Waals surface area contributed by atoms with Crippen molar-refractivity contribution in [1.29, 1.82) is 0 Å². The van der Waals surface area contributed by atoms with Crippen molar-refractivity contribution in [2.75, 3.05) is 38.6 Å². The molecule has 1 aromatic rings. The molecule has 9 nitrogen and oxygen atoms in total. The highest BCUT2D eigenvalue weighted by molar-refractivity contribution is 6.01. The highest BCUT2D eigenvalue weighted by atomic mass is 16.5. The van der Waals surface area contributed by atoms with Crippen molar-refractivity contribution >= 4 is 23.5 Å². The SMILES string of the molecule is CN1CC23C=CC(O2)C(C(=O)N2CCC4(CC2)NC(=O)c2cccnc2N4C)C3C1=O. The highest BCUT2D eigenvalue weighted by Gasteiger charge is 2.66. The maximum Gasteiger partial charge on any atom is 0.256 e. The van der Waals surface area contributed by atoms with Gasteiger partial charge in [-0.15, -0.1) is 0 Å². The number of fused-ring (bicyclic) bond motifs is 2. The first-order valence-corrected chi connectivity index (χ1v) is 10.8. The zero-order chi connectivity index (χ0) is 21.5. The molecule has 6 rings (SSSR count). The molecule has 1 N–H and O–H groups in total. The van der Waals surface area contributed by atoms with E-state index in [4.69, 9.17) is 4.74 Å². The Bertz CT molecular complexity index is 1030. The predicted octanol–water partition coefficient (Wildman–Crippen LogP) is -0.00830. The summed E-state index contributed by atoms with van der Waals surface area (Å²) in [7, 11) is 3.70. The summed E-state index contributed by atoms with van der Waals surface area (Å²) in [6, 6.07) is 3.53. The molecule has 0 aliphatic carbocycles.